The third-order valence-electron chi connectivity index (χ3n) is 3.57. The van der Waals surface area contributed by atoms with Crippen molar-refractivity contribution in [2.45, 2.75) is 31.8 Å². The Kier molecular flexibility index (Phi) is 8.86. The van der Waals surface area contributed by atoms with Crippen molar-refractivity contribution in [3.63, 3.8) is 0 Å². The van der Waals surface area contributed by atoms with E-state index >= 15 is 0 Å². The zero-order valence-corrected chi connectivity index (χ0v) is 14.6. The second kappa shape index (κ2) is 10.6. The number of nitrogens with zero attached hydrogens (tertiary/aromatic N) is 1. The van der Waals surface area contributed by atoms with Gasteiger partial charge in [0.25, 0.3) is 0 Å². The molecule has 0 saturated heterocycles. The quantitative estimate of drug-likeness (QED) is 0.501. The van der Waals surface area contributed by atoms with Crippen LogP contribution in [0, 0.1) is 0 Å². The zero-order chi connectivity index (χ0) is 17.9. The number of alkyl halides is 1. The van der Waals surface area contributed by atoms with Gasteiger partial charge in [0.15, 0.2) is 0 Å². The molecule has 0 aromatic heterocycles. The molecule has 0 bridgehead atoms. The predicted molar refractivity (Wildman–Crippen MR) is 89.4 cm³/mol. The highest BCUT2D eigenvalue weighted by Crippen LogP contribution is 2.16. The molecule has 6 nitrogen and oxygen atoms in total. The van der Waals surface area contributed by atoms with Crippen LogP contribution in [0.1, 0.15) is 24.8 Å². The number of esters is 2. The number of hydrogen-bond donors (Lipinski definition) is 0. The number of benzene rings is 1. The van der Waals surface area contributed by atoms with E-state index in [4.69, 9.17) is 16.3 Å². The molecule has 0 heterocycles. The van der Waals surface area contributed by atoms with Crippen molar-refractivity contribution >= 4 is 29.4 Å². The number of carbonyl (C=O) groups is 3. The maximum Gasteiger partial charge on any atom is 0.328 e. The third-order valence-corrected chi connectivity index (χ3v) is 3.79. The summed E-state index contributed by atoms with van der Waals surface area (Å²) in [5.41, 5.74) is 0.873. The summed E-state index contributed by atoms with van der Waals surface area (Å²) in [5, 5.41) is 0. The van der Waals surface area contributed by atoms with Crippen molar-refractivity contribution in [3.8, 4) is 0 Å². The van der Waals surface area contributed by atoms with Crippen LogP contribution >= 0.6 is 11.6 Å². The standard InChI is InChI=1S/C17H22ClNO5/c1-23-16(21)10-6-9-14(17(22)24-2)19(15(20)11-18)12-13-7-4-3-5-8-13/h3-5,7-8,14H,6,9-12H2,1-2H3. The molecule has 7 heteroatoms. The fourth-order valence-corrected chi connectivity index (χ4v) is 2.46. The number of halogens is 1. The fraction of sp³-hybridized carbons (Fsp3) is 0.471. The Hall–Kier alpha value is -2.08. The van der Waals surface area contributed by atoms with Gasteiger partial charge in [-0.2, -0.15) is 0 Å². The number of rotatable bonds is 9. The van der Waals surface area contributed by atoms with Crippen LogP contribution in [0.3, 0.4) is 0 Å². The Morgan fingerprint density at radius 2 is 1.79 bits per heavy atom. The minimum absolute atomic E-state index is 0.165. The first kappa shape index (κ1) is 20.0. The SMILES string of the molecule is COC(=O)CCCC(C(=O)OC)N(Cc1ccccc1)C(=O)CCl. The molecule has 0 aliphatic heterocycles. The molecule has 0 fully saturated rings. The molecule has 1 unspecified atom stereocenters. The average Bonchev–Trinajstić information content (AvgIpc) is 2.63. The van der Waals surface area contributed by atoms with Crippen LogP contribution in [0.2, 0.25) is 0 Å². The van der Waals surface area contributed by atoms with E-state index in [1.165, 1.54) is 19.1 Å². The summed E-state index contributed by atoms with van der Waals surface area (Å²) in [4.78, 5) is 37.0. The van der Waals surface area contributed by atoms with E-state index in [0.29, 0.717) is 6.42 Å². The largest absolute Gasteiger partial charge is 0.469 e. The van der Waals surface area contributed by atoms with Crippen LogP contribution in [-0.2, 0) is 30.4 Å². The van der Waals surface area contributed by atoms with Crippen LogP contribution < -0.4 is 0 Å². The van der Waals surface area contributed by atoms with Crippen LogP contribution in [0.4, 0.5) is 0 Å². The van der Waals surface area contributed by atoms with E-state index in [1.807, 2.05) is 30.3 Å². The lowest BCUT2D eigenvalue weighted by Crippen LogP contribution is -2.45. The number of carbonyl (C=O) groups excluding carboxylic acids is 3. The van der Waals surface area contributed by atoms with E-state index in [9.17, 15) is 14.4 Å². The van der Waals surface area contributed by atoms with Crippen LogP contribution in [-0.4, -0.2) is 48.9 Å². The molecule has 0 aliphatic rings. The predicted octanol–water partition coefficient (Wildman–Crippen LogP) is 2.14. The molecule has 24 heavy (non-hydrogen) atoms. The van der Waals surface area contributed by atoms with Gasteiger partial charge in [-0.25, -0.2) is 4.79 Å². The third kappa shape index (κ3) is 6.20. The van der Waals surface area contributed by atoms with Gasteiger partial charge in [-0.05, 0) is 18.4 Å². The highest BCUT2D eigenvalue weighted by atomic mass is 35.5. The molecule has 1 aromatic carbocycles. The minimum atomic E-state index is -0.800. The zero-order valence-electron chi connectivity index (χ0n) is 13.9. The van der Waals surface area contributed by atoms with Crippen molar-refractivity contribution in [3.05, 3.63) is 35.9 Å². The van der Waals surface area contributed by atoms with Gasteiger partial charge in [-0.3, -0.25) is 9.59 Å². The van der Waals surface area contributed by atoms with Gasteiger partial charge < -0.3 is 14.4 Å². The highest BCUT2D eigenvalue weighted by molar-refractivity contribution is 6.27. The van der Waals surface area contributed by atoms with Gasteiger partial charge in [0.05, 0.1) is 14.2 Å². The molecule has 0 spiro atoms. The van der Waals surface area contributed by atoms with Crippen molar-refractivity contribution in [1.82, 2.24) is 4.90 Å². The molecular formula is C17H22ClNO5. The summed E-state index contributed by atoms with van der Waals surface area (Å²) in [6, 6.07) is 8.48. The Morgan fingerprint density at radius 1 is 1.12 bits per heavy atom. The van der Waals surface area contributed by atoms with Gasteiger partial charge in [0, 0.05) is 13.0 Å². The topological polar surface area (TPSA) is 72.9 Å². The normalized spacial score (nSPS) is 11.5. The van der Waals surface area contributed by atoms with Gasteiger partial charge in [-0.15, -0.1) is 11.6 Å². The minimum Gasteiger partial charge on any atom is -0.469 e. The van der Waals surface area contributed by atoms with Crippen molar-refractivity contribution < 1.29 is 23.9 Å². The Balaban J connectivity index is 2.91. The molecule has 0 aliphatic carbocycles. The maximum absolute atomic E-state index is 12.2. The number of hydrogen-bond acceptors (Lipinski definition) is 5. The summed E-state index contributed by atoms with van der Waals surface area (Å²) in [5.74, 6) is -1.50. The second-order valence-corrected chi connectivity index (χ2v) is 5.42. The van der Waals surface area contributed by atoms with E-state index in [0.717, 1.165) is 5.56 Å². The highest BCUT2D eigenvalue weighted by Gasteiger charge is 2.30. The van der Waals surface area contributed by atoms with E-state index in [-0.39, 0.29) is 37.1 Å². The molecular weight excluding hydrogens is 334 g/mol. The molecule has 132 valence electrons. The summed E-state index contributed by atoms with van der Waals surface area (Å²) < 4.78 is 9.40. The van der Waals surface area contributed by atoms with Crippen LogP contribution in [0.25, 0.3) is 0 Å². The molecule has 0 saturated carbocycles. The number of ether oxygens (including phenoxy) is 2. The lowest BCUT2D eigenvalue weighted by atomic mass is 10.1. The van der Waals surface area contributed by atoms with Crippen LogP contribution in [0.5, 0.6) is 0 Å². The van der Waals surface area contributed by atoms with E-state index in [1.54, 1.807) is 0 Å². The van der Waals surface area contributed by atoms with Crippen molar-refractivity contribution in [1.29, 1.82) is 0 Å². The first-order chi connectivity index (χ1) is 11.5. The van der Waals surface area contributed by atoms with Crippen molar-refractivity contribution in [2.24, 2.45) is 0 Å². The first-order valence-electron chi connectivity index (χ1n) is 7.57. The molecule has 1 aromatic rings. The molecule has 1 rings (SSSR count). The Labute approximate surface area is 146 Å². The molecule has 0 N–H and O–H groups in total. The van der Waals surface area contributed by atoms with Gasteiger partial charge in [0.2, 0.25) is 5.91 Å². The van der Waals surface area contributed by atoms with E-state index < -0.39 is 12.0 Å². The summed E-state index contributed by atoms with van der Waals surface area (Å²) in [6.45, 7) is 0.240. The Bertz CT molecular complexity index is 549. The smallest absolute Gasteiger partial charge is 0.328 e. The van der Waals surface area contributed by atoms with Crippen molar-refractivity contribution in [2.75, 3.05) is 20.1 Å². The fourth-order valence-electron chi connectivity index (χ4n) is 2.31. The first-order valence-corrected chi connectivity index (χ1v) is 8.11. The monoisotopic (exact) mass is 355 g/mol. The van der Waals surface area contributed by atoms with Gasteiger partial charge in [-0.1, -0.05) is 30.3 Å². The van der Waals surface area contributed by atoms with Gasteiger partial charge in [0.1, 0.15) is 11.9 Å². The van der Waals surface area contributed by atoms with E-state index in [2.05, 4.69) is 4.74 Å². The molecule has 1 amide bonds. The Morgan fingerprint density at radius 3 is 2.33 bits per heavy atom. The maximum atomic E-state index is 12.2. The second-order valence-electron chi connectivity index (χ2n) is 5.15. The molecule has 1 atom stereocenters. The number of amides is 1. The summed E-state index contributed by atoms with van der Waals surface area (Å²) >= 11 is 5.69. The van der Waals surface area contributed by atoms with Crippen LogP contribution in [0.15, 0.2) is 30.3 Å². The molecule has 0 radical (unpaired) electrons. The lowest BCUT2D eigenvalue weighted by Gasteiger charge is -2.29. The lowest BCUT2D eigenvalue weighted by molar-refractivity contribution is -0.153. The number of methoxy groups -OCH3 is 2. The van der Waals surface area contributed by atoms with Gasteiger partial charge >= 0.3 is 11.9 Å². The average molecular weight is 356 g/mol. The summed E-state index contributed by atoms with van der Waals surface area (Å²) in [6.07, 6.45) is 0.850. The summed E-state index contributed by atoms with van der Waals surface area (Å²) in [7, 11) is 2.57.